The minimum Gasteiger partial charge on any atom is -0.386 e. The van der Waals surface area contributed by atoms with E-state index in [0.717, 1.165) is 25.8 Å². The van der Waals surface area contributed by atoms with Crippen LogP contribution in [0.1, 0.15) is 53.8 Å². The largest absolute Gasteiger partial charge is 0.386 e. The van der Waals surface area contributed by atoms with E-state index in [2.05, 4.69) is 26.0 Å². The summed E-state index contributed by atoms with van der Waals surface area (Å²) in [5.74, 6) is -0.518. The number of rotatable bonds is 8. The van der Waals surface area contributed by atoms with Crippen molar-refractivity contribution in [1.82, 2.24) is 30.5 Å². The van der Waals surface area contributed by atoms with Crippen molar-refractivity contribution in [2.24, 2.45) is 0 Å². The van der Waals surface area contributed by atoms with Crippen molar-refractivity contribution in [1.29, 1.82) is 5.26 Å². The zero-order valence-corrected chi connectivity index (χ0v) is 19.4. The van der Waals surface area contributed by atoms with Crippen LogP contribution >= 0.6 is 0 Å². The third-order valence-corrected chi connectivity index (χ3v) is 7.20. The van der Waals surface area contributed by atoms with Gasteiger partial charge in [0.05, 0.1) is 28.5 Å². The summed E-state index contributed by atoms with van der Waals surface area (Å²) in [5.41, 5.74) is 0.0196. The van der Waals surface area contributed by atoms with Crippen LogP contribution in [0.5, 0.6) is 0 Å². The molecule has 0 bridgehead atoms. The maximum absolute atomic E-state index is 16.1. The summed E-state index contributed by atoms with van der Waals surface area (Å²) in [6.45, 7) is 2.49. The topological polar surface area (TPSA) is 127 Å². The van der Waals surface area contributed by atoms with Crippen LogP contribution in [0.2, 0.25) is 0 Å². The first-order valence-electron chi connectivity index (χ1n) is 11.7. The van der Waals surface area contributed by atoms with Gasteiger partial charge >= 0.3 is 0 Å². The molecule has 2 unspecified atom stereocenters. The molecule has 1 aliphatic heterocycles. The molecule has 1 saturated heterocycles. The zero-order valence-electron chi connectivity index (χ0n) is 19.4. The van der Waals surface area contributed by atoms with E-state index in [-0.39, 0.29) is 23.7 Å². The van der Waals surface area contributed by atoms with Crippen LogP contribution in [-0.2, 0) is 0 Å². The number of nitrogens with zero attached hydrogens (tertiary/aromatic N) is 4. The standard InChI is InChI=1S/C25H28FN7O2/c1-24(35,15-29-18-10-25(11-18)6-8-30-25)22(26)21(32-23(34)17-3-2-7-28-14-17)20-5-4-19-9-16(12-27)13-31-33(19)20/h2-5,7,9,13-14,18,21-22,29-30,35H,6,8,10-11,15H2,1H3,(H,32,34)/t18?,21?,22-,24?,25?/m1/s1. The number of hydrogen-bond acceptors (Lipinski definition) is 7. The number of nitriles is 1. The second-order valence-corrected chi connectivity index (χ2v) is 9.85. The van der Waals surface area contributed by atoms with Crippen LogP contribution in [0.15, 0.2) is 48.9 Å². The molecule has 4 N–H and O–H groups in total. The van der Waals surface area contributed by atoms with Gasteiger partial charge in [0.2, 0.25) is 0 Å². The Balaban J connectivity index is 1.39. The summed E-state index contributed by atoms with van der Waals surface area (Å²) in [6.07, 6.45) is 5.52. The van der Waals surface area contributed by atoms with E-state index < -0.39 is 23.7 Å². The number of carbonyl (C=O) groups excluding carboxylic acids is 1. The van der Waals surface area contributed by atoms with E-state index in [9.17, 15) is 9.90 Å². The van der Waals surface area contributed by atoms with Gasteiger partial charge in [0.25, 0.3) is 5.91 Å². The highest BCUT2D eigenvalue weighted by Gasteiger charge is 2.49. The first kappa shape index (κ1) is 23.4. The fraction of sp³-hybridized carbons (Fsp3) is 0.440. The minimum atomic E-state index is -1.86. The Morgan fingerprint density at radius 1 is 1.43 bits per heavy atom. The number of pyridine rings is 1. The fourth-order valence-corrected chi connectivity index (χ4v) is 5.00. The highest BCUT2D eigenvalue weighted by molar-refractivity contribution is 5.94. The SMILES string of the molecule is CC(O)(CNC1CC2(CCN2)C1)[C@H](F)C(NC(=O)c1cccnc1)c1ccc2cc(C#N)cnn12. The minimum absolute atomic E-state index is 0.0312. The van der Waals surface area contributed by atoms with Crippen LogP contribution in [0.25, 0.3) is 5.52 Å². The van der Waals surface area contributed by atoms with Gasteiger partial charge in [0.15, 0.2) is 6.17 Å². The fourth-order valence-electron chi connectivity index (χ4n) is 5.00. The lowest BCUT2D eigenvalue weighted by molar-refractivity contribution is -0.0429. The maximum atomic E-state index is 16.1. The summed E-state index contributed by atoms with van der Waals surface area (Å²) >= 11 is 0. The summed E-state index contributed by atoms with van der Waals surface area (Å²) in [4.78, 5) is 16.9. The van der Waals surface area contributed by atoms with Gasteiger partial charge < -0.3 is 21.1 Å². The highest BCUT2D eigenvalue weighted by atomic mass is 19.1. The molecule has 0 aromatic carbocycles. The van der Waals surface area contributed by atoms with Crippen LogP contribution in [0.3, 0.4) is 0 Å². The van der Waals surface area contributed by atoms with Gasteiger partial charge in [-0.05, 0) is 63.1 Å². The first-order chi connectivity index (χ1) is 16.8. The molecular weight excluding hydrogens is 449 g/mol. The molecule has 182 valence electrons. The van der Waals surface area contributed by atoms with Gasteiger partial charge in [-0.1, -0.05) is 0 Å². The second-order valence-electron chi connectivity index (χ2n) is 9.85. The highest BCUT2D eigenvalue weighted by Crippen LogP contribution is 2.40. The van der Waals surface area contributed by atoms with Gasteiger partial charge in [-0.3, -0.25) is 9.78 Å². The van der Waals surface area contributed by atoms with Gasteiger partial charge in [0.1, 0.15) is 17.7 Å². The van der Waals surface area contributed by atoms with E-state index >= 15 is 4.39 Å². The molecule has 1 spiro atoms. The van der Waals surface area contributed by atoms with Gasteiger partial charge in [-0.2, -0.15) is 10.4 Å². The summed E-state index contributed by atoms with van der Waals surface area (Å²) in [6, 6.07) is 9.22. The Morgan fingerprint density at radius 3 is 2.89 bits per heavy atom. The summed E-state index contributed by atoms with van der Waals surface area (Å²) < 4.78 is 17.6. The molecule has 3 aromatic rings. The van der Waals surface area contributed by atoms with E-state index in [4.69, 9.17) is 5.26 Å². The van der Waals surface area contributed by atoms with Crippen molar-refractivity contribution >= 4 is 11.4 Å². The molecule has 35 heavy (non-hydrogen) atoms. The lowest BCUT2D eigenvalue weighted by Gasteiger charge is -2.55. The van der Waals surface area contributed by atoms with Gasteiger partial charge in [0, 0.05) is 30.5 Å². The number of hydrogen-bond donors (Lipinski definition) is 4. The van der Waals surface area contributed by atoms with Crippen molar-refractivity contribution in [2.75, 3.05) is 13.1 Å². The average Bonchev–Trinajstić information content (AvgIpc) is 3.23. The van der Waals surface area contributed by atoms with Crippen LogP contribution in [-0.4, -0.2) is 62.1 Å². The second kappa shape index (κ2) is 9.00. The normalized spacial score (nSPS) is 24.6. The Labute approximate surface area is 202 Å². The molecule has 2 fully saturated rings. The third-order valence-electron chi connectivity index (χ3n) is 7.20. The molecule has 4 heterocycles. The lowest BCUT2D eigenvalue weighted by atomic mass is 9.66. The maximum Gasteiger partial charge on any atom is 0.253 e. The molecule has 1 aliphatic carbocycles. The van der Waals surface area contributed by atoms with Crippen molar-refractivity contribution in [3.8, 4) is 6.07 Å². The van der Waals surface area contributed by atoms with Gasteiger partial charge in [-0.15, -0.1) is 0 Å². The molecule has 2 aliphatic rings. The zero-order chi connectivity index (χ0) is 24.6. The first-order valence-corrected chi connectivity index (χ1v) is 11.7. The molecule has 0 radical (unpaired) electrons. The van der Waals surface area contributed by atoms with E-state index in [1.54, 1.807) is 36.5 Å². The number of carbonyl (C=O) groups is 1. The Bertz CT molecular complexity index is 1260. The Kier molecular flexibility index (Phi) is 6.01. The summed E-state index contributed by atoms with van der Waals surface area (Å²) in [5, 5.41) is 34.1. The summed E-state index contributed by atoms with van der Waals surface area (Å²) in [7, 11) is 0. The monoisotopic (exact) mass is 477 g/mol. The number of nitrogens with one attached hydrogen (secondary N) is 3. The predicted molar refractivity (Wildman–Crippen MR) is 126 cm³/mol. The van der Waals surface area contributed by atoms with Crippen molar-refractivity contribution in [3.05, 3.63) is 65.7 Å². The lowest BCUT2D eigenvalue weighted by Crippen LogP contribution is -2.69. The Morgan fingerprint density at radius 2 is 2.23 bits per heavy atom. The van der Waals surface area contributed by atoms with Crippen LogP contribution in [0, 0.1) is 11.3 Å². The average molecular weight is 478 g/mol. The number of aliphatic hydroxyl groups is 1. The predicted octanol–water partition coefficient (Wildman–Crippen LogP) is 1.65. The molecule has 3 aromatic heterocycles. The van der Waals surface area contributed by atoms with Crippen LogP contribution in [0.4, 0.5) is 4.39 Å². The van der Waals surface area contributed by atoms with Gasteiger partial charge in [-0.25, -0.2) is 8.91 Å². The third kappa shape index (κ3) is 4.50. The number of amides is 1. The van der Waals surface area contributed by atoms with E-state index in [0.29, 0.717) is 16.8 Å². The molecule has 9 nitrogen and oxygen atoms in total. The molecular formula is C25H28FN7O2. The van der Waals surface area contributed by atoms with Crippen LogP contribution < -0.4 is 16.0 Å². The molecule has 5 rings (SSSR count). The smallest absolute Gasteiger partial charge is 0.253 e. The number of alkyl halides is 1. The number of halogens is 1. The van der Waals surface area contributed by atoms with E-state index in [1.807, 2.05) is 6.07 Å². The molecule has 10 heteroatoms. The van der Waals surface area contributed by atoms with E-state index in [1.165, 1.54) is 23.8 Å². The molecule has 1 amide bonds. The van der Waals surface area contributed by atoms with Crippen molar-refractivity contribution < 1.29 is 14.3 Å². The Hall–Kier alpha value is -3.39. The molecule has 3 atom stereocenters. The number of aromatic nitrogens is 3. The quantitative estimate of drug-likeness (QED) is 0.388. The molecule has 1 saturated carbocycles. The number of fused-ring (bicyclic) bond motifs is 1. The van der Waals surface area contributed by atoms with Crippen molar-refractivity contribution in [2.45, 2.75) is 55.6 Å². The van der Waals surface area contributed by atoms with Crippen molar-refractivity contribution in [3.63, 3.8) is 0 Å².